The summed E-state index contributed by atoms with van der Waals surface area (Å²) in [6.07, 6.45) is 0. The van der Waals surface area contributed by atoms with Gasteiger partial charge in [-0.25, -0.2) is 0 Å². The fourth-order valence-electron chi connectivity index (χ4n) is 1.95. The first-order valence-corrected chi connectivity index (χ1v) is 6.71. The molecular formula is C13H10Cl4O. The van der Waals surface area contributed by atoms with E-state index in [0.29, 0.717) is 21.2 Å². The van der Waals surface area contributed by atoms with Crippen molar-refractivity contribution in [2.45, 2.75) is 13.8 Å². The first-order chi connectivity index (χ1) is 8.40. The van der Waals surface area contributed by atoms with Crippen molar-refractivity contribution in [1.82, 2.24) is 0 Å². The molecule has 0 N–H and O–H groups in total. The Labute approximate surface area is 126 Å². The topological polar surface area (TPSA) is 9.23 Å². The lowest BCUT2D eigenvalue weighted by atomic mass is 10.0. The van der Waals surface area contributed by atoms with E-state index in [-0.39, 0.29) is 10.0 Å². The molecule has 0 heterocycles. The minimum absolute atomic E-state index is 0.248. The Hall–Kier alpha value is -0.340. The van der Waals surface area contributed by atoms with E-state index in [4.69, 9.17) is 51.1 Å². The van der Waals surface area contributed by atoms with Gasteiger partial charge >= 0.3 is 0 Å². The van der Waals surface area contributed by atoms with Gasteiger partial charge in [-0.3, -0.25) is 0 Å². The summed E-state index contributed by atoms with van der Waals surface area (Å²) in [6, 6.07) is 1.93. The largest absolute Gasteiger partial charge is 0.496 e. The molecular weight excluding hydrogens is 314 g/mol. The number of aryl methyl sites for hydroxylation is 1. The Balaban J connectivity index is 3.11. The molecule has 0 saturated heterocycles. The fourth-order valence-corrected chi connectivity index (χ4v) is 2.96. The van der Waals surface area contributed by atoms with Crippen molar-refractivity contribution in [3.05, 3.63) is 37.3 Å². The highest BCUT2D eigenvalue weighted by molar-refractivity contribution is 6.55. The summed E-state index contributed by atoms with van der Waals surface area (Å²) in [5, 5.41) is 2.71. The van der Waals surface area contributed by atoms with Crippen LogP contribution in [0.3, 0.4) is 0 Å². The van der Waals surface area contributed by atoms with Gasteiger partial charge in [0, 0.05) is 10.8 Å². The summed E-state index contributed by atoms with van der Waals surface area (Å²) in [7, 11) is 1.59. The van der Waals surface area contributed by atoms with E-state index in [1.165, 1.54) is 0 Å². The number of hydrogen-bond acceptors (Lipinski definition) is 1. The van der Waals surface area contributed by atoms with Crippen LogP contribution in [0.4, 0.5) is 0 Å². The first kappa shape index (κ1) is 14.1. The van der Waals surface area contributed by atoms with Gasteiger partial charge in [-0.2, -0.15) is 0 Å². The molecule has 0 bridgehead atoms. The fraction of sp³-hybridized carbons (Fsp3) is 0.231. The molecule has 2 aromatic carbocycles. The van der Waals surface area contributed by atoms with E-state index in [9.17, 15) is 0 Å². The van der Waals surface area contributed by atoms with Crippen LogP contribution in [0.5, 0.6) is 5.75 Å². The van der Waals surface area contributed by atoms with E-state index >= 15 is 0 Å². The molecule has 0 aromatic heterocycles. The van der Waals surface area contributed by atoms with Gasteiger partial charge in [0.2, 0.25) is 0 Å². The maximum Gasteiger partial charge on any atom is 0.131 e. The Kier molecular flexibility index (Phi) is 3.89. The van der Waals surface area contributed by atoms with Gasteiger partial charge in [0.05, 0.1) is 27.2 Å². The Bertz CT molecular complexity index is 650. The zero-order valence-electron chi connectivity index (χ0n) is 10.00. The van der Waals surface area contributed by atoms with E-state index in [0.717, 1.165) is 16.5 Å². The average Bonchev–Trinajstić information content (AvgIpc) is 2.36. The lowest BCUT2D eigenvalue weighted by molar-refractivity contribution is 0.416. The van der Waals surface area contributed by atoms with Gasteiger partial charge in [-0.1, -0.05) is 46.4 Å². The third-order valence-electron chi connectivity index (χ3n) is 3.03. The molecule has 0 aliphatic heterocycles. The number of methoxy groups -OCH3 is 1. The second kappa shape index (κ2) is 4.97. The Morgan fingerprint density at radius 2 is 1.44 bits per heavy atom. The predicted molar refractivity (Wildman–Crippen MR) is 80.0 cm³/mol. The normalized spacial score (nSPS) is 11.1. The van der Waals surface area contributed by atoms with Gasteiger partial charge in [-0.15, -0.1) is 0 Å². The van der Waals surface area contributed by atoms with Crippen molar-refractivity contribution < 1.29 is 4.74 Å². The second-order valence-corrected chi connectivity index (χ2v) is 5.54. The third kappa shape index (κ3) is 1.94. The van der Waals surface area contributed by atoms with Gasteiger partial charge in [-0.05, 0) is 31.0 Å². The average molecular weight is 324 g/mol. The number of halogens is 4. The summed E-state index contributed by atoms with van der Waals surface area (Å²) in [5.41, 5.74) is 2.05. The standard InChI is InChI=1S/C13H10Cl4O/c1-5-4-7-8(13(18-3)6(5)2)10(15)12(17)11(16)9(7)14/h4H,1-3H3. The molecule has 5 heteroatoms. The van der Waals surface area contributed by atoms with Crippen LogP contribution in [-0.4, -0.2) is 7.11 Å². The Morgan fingerprint density at radius 3 is 2.00 bits per heavy atom. The maximum absolute atomic E-state index is 6.26. The summed E-state index contributed by atoms with van der Waals surface area (Å²) < 4.78 is 5.42. The van der Waals surface area contributed by atoms with Crippen LogP contribution in [-0.2, 0) is 0 Å². The minimum atomic E-state index is 0.248. The number of hydrogen-bond donors (Lipinski definition) is 0. The van der Waals surface area contributed by atoms with Crippen LogP contribution in [0.1, 0.15) is 11.1 Å². The summed E-state index contributed by atoms with van der Waals surface area (Å²) in [5.74, 6) is 0.676. The Morgan fingerprint density at radius 1 is 0.889 bits per heavy atom. The van der Waals surface area contributed by atoms with Crippen LogP contribution in [0.25, 0.3) is 10.8 Å². The molecule has 0 saturated carbocycles. The summed E-state index contributed by atoms with van der Waals surface area (Å²) in [6.45, 7) is 3.93. The van der Waals surface area contributed by atoms with Crippen molar-refractivity contribution >= 4 is 57.2 Å². The van der Waals surface area contributed by atoms with Crippen LogP contribution >= 0.6 is 46.4 Å². The van der Waals surface area contributed by atoms with Crippen LogP contribution in [0.15, 0.2) is 6.07 Å². The lowest BCUT2D eigenvalue weighted by Gasteiger charge is -2.16. The zero-order chi connectivity index (χ0) is 13.6. The second-order valence-electron chi connectivity index (χ2n) is 4.03. The number of ether oxygens (including phenoxy) is 1. The predicted octanol–water partition coefficient (Wildman–Crippen LogP) is 6.08. The van der Waals surface area contributed by atoms with Gasteiger partial charge in [0.15, 0.2) is 0 Å². The van der Waals surface area contributed by atoms with Crippen molar-refractivity contribution in [3.8, 4) is 5.75 Å². The molecule has 0 spiro atoms. The molecule has 96 valence electrons. The molecule has 0 unspecified atom stereocenters. The molecule has 0 fully saturated rings. The SMILES string of the molecule is COc1c(C)c(C)cc2c(Cl)c(Cl)c(Cl)c(Cl)c12. The highest BCUT2D eigenvalue weighted by Gasteiger charge is 2.20. The molecule has 18 heavy (non-hydrogen) atoms. The van der Waals surface area contributed by atoms with Crippen molar-refractivity contribution in [1.29, 1.82) is 0 Å². The molecule has 0 radical (unpaired) electrons. The van der Waals surface area contributed by atoms with E-state index in [1.807, 2.05) is 19.9 Å². The summed E-state index contributed by atoms with van der Waals surface area (Å²) in [4.78, 5) is 0. The highest BCUT2D eigenvalue weighted by atomic mass is 35.5. The third-order valence-corrected chi connectivity index (χ3v) is 4.84. The highest BCUT2D eigenvalue weighted by Crippen LogP contribution is 2.47. The number of fused-ring (bicyclic) bond motifs is 1. The quantitative estimate of drug-likeness (QED) is 0.456. The van der Waals surface area contributed by atoms with Gasteiger partial charge in [0.25, 0.3) is 0 Å². The maximum atomic E-state index is 6.26. The van der Waals surface area contributed by atoms with E-state index in [2.05, 4.69) is 0 Å². The van der Waals surface area contributed by atoms with Crippen LogP contribution in [0.2, 0.25) is 20.1 Å². The zero-order valence-corrected chi connectivity index (χ0v) is 13.0. The molecule has 2 rings (SSSR count). The van der Waals surface area contributed by atoms with Crippen molar-refractivity contribution in [2.24, 2.45) is 0 Å². The van der Waals surface area contributed by atoms with E-state index in [1.54, 1.807) is 7.11 Å². The lowest BCUT2D eigenvalue weighted by Crippen LogP contribution is -1.94. The molecule has 0 aliphatic rings. The number of benzene rings is 2. The molecule has 0 aliphatic carbocycles. The van der Waals surface area contributed by atoms with Crippen molar-refractivity contribution in [3.63, 3.8) is 0 Å². The van der Waals surface area contributed by atoms with Gasteiger partial charge < -0.3 is 4.74 Å². The van der Waals surface area contributed by atoms with Crippen LogP contribution < -0.4 is 4.74 Å². The van der Waals surface area contributed by atoms with Crippen LogP contribution in [0, 0.1) is 13.8 Å². The smallest absolute Gasteiger partial charge is 0.131 e. The molecule has 2 aromatic rings. The number of rotatable bonds is 1. The monoisotopic (exact) mass is 322 g/mol. The molecule has 1 nitrogen and oxygen atoms in total. The summed E-state index contributed by atoms with van der Waals surface area (Å²) >= 11 is 24.6. The van der Waals surface area contributed by atoms with Crippen molar-refractivity contribution in [2.75, 3.05) is 7.11 Å². The van der Waals surface area contributed by atoms with E-state index < -0.39 is 0 Å². The van der Waals surface area contributed by atoms with Gasteiger partial charge in [0.1, 0.15) is 5.75 Å². The molecule has 0 amide bonds. The minimum Gasteiger partial charge on any atom is -0.496 e. The molecule has 0 atom stereocenters. The first-order valence-electron chi connectivity index (χ1n) is 5.20.